The standard InChI is InChI=1S/C63H115NO9/c1-3-5-7-9-11-13-15-17-18-19-20-21-22-23-24-25-26-27-28-29-30-31-32-33-34-35-36-37-38-39-40-42-44-46-48-50-52-57(67)62(71)64-55(54-72-63-61(70)60(69)59(68)58(53-65)73-63)56(66)51-49-47-45-43-41-16-14-12-10-8-6-4-2/h10,12,24-25,27-28,41,43,49,51,55-61,63,65-70H,3-9,11,13-23,26,29-40,42,44-48,50,52-54H2,1-2H3,(H,64,71)/b12-10+,25-24-,28-27-,43-41+,51-49+. The molecule has 1 amide bonds. The Morgan fingerprint density at radius 2 is 0.863 bits per heavy atom. The van der Waals surface area contributed by atoms with Crippen LogP contribution >= 0.6 is 0 Å². The van der Waals surface area contributed by atoms with Crippen LogP contribution in [-0.2, 0) is 14.3 Å². The molecule has 0 saturated carbocycles. The molecule has 1 aliphatic rings. The molecule has 0 aromatic carbocycles. The van der Waals surface area contributed by atoms with Crippen LogP contribution in [0.2, 0.25) is 0 Å². The fraction of sp³-hybridized carbons (Fsp3) is 0.825. The molecular weight excluding hydrogens is 915 g/mol. The number of aliphatic hydroxyl groups is 6. The Bertz CT molecular complexity index is 1350. The molecule has 426 valence electrons. The van der Waals surface area contributed by atoms with E-state index in [1.165, 1.54) is 186 Å². The van der Waals surface area contributed by atoms with Gasteiger partial charge in [0.15, 0.2) is 6.29 Å². The second-order valence-electron chi connectivity index (χ2n) is 21.3. The molecule has 0 spiro atoms. The molecule has 0 bridgehead atoms. The first-order chi connectivity index (χ1) is 35.8. The molecular formula is C63H115NO9. The normalized spacial score (nSPS) is 19.9. The Labute approximate surface area is 448 Å². The number of ether oxygens (including phenoxy) is 2. The van der Waals surface area contributed by atoms with Gasteiger partial charge in [-0.25, -0.2) is 0 Å². The van der Waals surface area contributed by atoms with E-state index in [4.69, 9.17) is 9.47 Å². The largest absolute Gasteiger partial charge is 0.394 e. The maximum atomic E-state index is 13.1. The Morgan fingerprint density at radius 3 is 1.32 bits per heavy atom. The van der Waals surface area contributed by atoms with Gasteiger partial charge in [-0.2, -0.15) is 0 Å². The molecule has 10 nitrogen and oxygen atoms in total. The maximum absolute atomic E-state index is 13.1. The Balaban J connectivity index is 2.11. The van der Waals surface area contributed by atoms with Crippen LogP contribution < -0.4 is 5.32 Å². The lowest BCUT2D eigenvalue weighted by Gasteiger charge is -2.40. The molecule has 0 aromatic heterocycles. The first-order valence-corrected chi connectivity index (χ1v) is 30.6. The van der Waals surface area contributed by atoms with E-state index >= 15 is 0 Å². The molecule has 1 heterocycles. The van der Waals surface area contributed by atoms with E-state index in [1.54, 1.807) is 6.08 Å². The van der Waals surface area contributed by atoms with Crippen LogP contribution in [0.25, 0.3) is 0 Å². The van der Waals surface area contributed by atoms with Crippen molar-refractivity contribution in [3.05, 3.63) is 60.8 Å². The van der Waals surface area contributed by atoms with E-state index in [0.717, 1.165) is 51.4 Å². The number of amides is 1. The van der Waals surface area contributed by atoms with Crippen molar-refractivity contribution in [1.82, 2.24) is 5.32 Å². The zero-order valence-electron chi connectivity index (χ0n) is 47.0. The number of nitrogens with one attached hydrogen (secondary N) is 1. The predicted octanol–water partition coefficient (Wildman–Crippen LogP) is 14.4. The van der Waals surface area contributed by atoms with Crippen LogP contribution in [0.15, 0.2) is 60.8 Å². The lowest BCUT2D eigenvalue weighted by Crippen LogP contribution is -2.60. The Hall–Kier alpha value is -2.15. The second kappa shape index (κ2) is 51.9. The number of carbonyl (C=O) groups excluding carboxylic acids is 1. The first kappa shape index (κ1) is 68.9. The summed E-state index contributed by atoms with van der Waals surface area (Å²) >= 11 is 0. The Kier molecular flexibility index (Phi) is 49.0. The second-order valence-corrected chi connectivity index (χ2v) is 21.3. The predicted molar refractivity (Wildman–Crippen MR) is 305 cm³/mol. The van der Waals surface area contributed by atoms with Gasteiger partial charge in [0.1, 0.15) is 30.5 Å². The minimum Gasteiger partial charge on any atom is -0.394 e. The van der Waals surface area contributed by atoms with Gasteiger partial charge in [-0.15, -0.1) is 0 Å². The molecule has 1 rings (SSSR count). The third-order valence-electron chi connectivity index (χ3n) is 14.4. The SMILES string of the molecule is CCCC/C=C/CC/C=C/CC/C=C/C(O)C(COC1OC(CO)C(O)C(O)C1O)NC(=O)C(O)CCCCCCCCCCCCCCCCCC/C=C\C/C=C\CCCCCCCCCCCCCCC. The van der Waals surface area contributed by atoms with Crippen molar-refractivity contribution in [1.29, 1.82) is 0 Å². The van der Waals surface area contributed by atoms with E-state index < -0.39 is 61.5 Å². The number of hydrogen-bond acceptors (Lipinski definition) is 9. The summed E-state index contributed by atoms with van der Waals surface area (Å²) in [6.45, 7) is 3.55. The molecule has 1 fully saturated rings. The number of aliphatic hydroxyl groups excluding tert-OH is 6. The average molecular weight is 1030 g/mol. The lowest BCUT2D eigenvalue weighted by molar-refractivity contribution is -0.302. The summed E-state index contributed by atoms with van der Waals surface area (Å²) in [5.41, 5.74) is 0. The van der Waals surface area contributed by atoms with Crippen molar-refractivity contribution in [3.8, 4) is 0 Å². The van der Waals surface area contributed by atoms with Crippen LogP contribution in [0.3, 0.4) is 0 Å². The van der Waals surface area contributed by atoms with Crippen molar-refractivity contribution in [3.63, 3.8) is 0 Å². The molecule has 8 unspecified atom stereocenters. The highest BCUT2D eigenvalue weighted by molar-refractivity contribution is 5.80. The summed E-state index contributed by atoms with van der Waals surface area (Å²) in [6.07, 6.45) is 60.8. The topological polar surface area (TPSA) is 169 Å². The number of carbonyl (C=O) groups is 1. The van der Waals surface area contributed by atoms with Crippen molar-refractivity contribution in [2.75, 3.05) is 13.2 Å². The summed E-state index contributed by atoms with van der Waals surface area (Å²) in [5.74, 6) is -0.631. The molecule has 0 aliphatic carbocycles. The first-order valence-electron chi connectivity index (χ1n) is 30.6. The lowest BCUT2D eigenvalue weighted by atomic mass is 9.99. The zero-order chi connectivity index (χ0) is 53.1. The fourth-order valence-corrected chi connectivity index (χ4v) is 9.45. The van der Waals surface area contributed by atoms with Gasteiger partial charge >= 0.3 is 0 Å². The van der Waals surface area contributed by atoms with Crippen LogP contribution in [0.5, 0.6) is 0 Å². The summed E-state index contributed by atoms with van der Waals surface area (Å²) < 4.78 is 11.1. The van der Waals surface area contributed by atoms with Gasteiger partial charge in [-0.05, 0) is 70.6 Å². The van der Waals surface area contributed by atoms with Crippen molar-refractivity contribution >= 4 is 5.91 Å². The highest BCUT2D eigenvalue weighted by atomic mass is 16.7. The highest BCUT2D eigenvalue weighted by Gasteiger charge is 2.44. The van der Waals surface area contributed by atoms with Crippen molar-refractivity contribution in [2.45, 2.75) is 320 Å². The van der Waals surface area contributed by atoms with E-state index in [9.17, 15) is 35.4 Å². The number of rotatable bonds is 52. The Morgan fingerprint density at radius 1 is 0.479 bits per heavy atom. The summed E-state index contributed by atoms with van der Waals surface area (Å²) in [7, 11) is 0. The van der Waals surface area contributed by atoms with Gasteiger partial charge < -0.3 is 45.4 Å². The molecule has 10 heteroatoms. The minimum atomic E-state index is -1.62. The maximum Gasteiger partial charge on any atom is 0.249 e. The number of hydrogen-bond donors (Lipinski definition) is 7. The van der Waals surface area contributed by atoms with Gasteiger partial charge in [-0.1, -0.05) is 261 Å². The molecule has 0 aromatic rings. The summed E-state index contributed by atoms with van der Waals surface area (Å²) in [4.78, 5) is 13.1. The third-order valence-corrected chi connectivity index (χ3v) is 14.4. The molecule has 1 aliphatic heterocycles. The average Bonchev–Trinajstić information content (AvgIpc) is 3.39. The smallest absolute Gasteiger partial charge is 0.249 e. The van der Waals surface area contributed by atoms with Gasteiger partial charge in [0, 0.05) is 0 Å². The van der Waals surface area contributed by atoms with Gasteiger partial charge in [-0.3, -0.25) is 4.79 Å². The quantitative estimate of drug-likeness (QED) is 0.0232. The van der Waals surface area contributed by atoms with E-state index in [1.807, 2.05) is 6.08 Å². The van der Waals surface area contributed by atoms with E-state index in [-0.39, 0.29) is 6.61 Å². The van der Waals surface area contributed by atoms with Crippen LogP contribution in [0, 0.1) is 0 Å². The van der Waals surface area contributed by atoms with Crippen molar-refractivity contribution in [2.24, 2.45) is 0 Å². The summed E-state index contributed by atoms with van der Waals surface area (Å²) in [5, 5.41) is 64.9. The molecule has 1 saturated heterocycles. The van der Waals surface area contributed by atoms with Crippen LogP contribution in [0.4, 0.5) is 0 Å². The minimum absolute atomic E-state index is 0.300. The van der Waals surface area contributed by atoms with Gasteiger partial charge in [0.2, 0.25) is 5.91 Å². The molecule has 73 heavy (non-hydrogen) atoms. The summed E-state index contributed by atoms with van der Waals surface area (Å²) in [6, 6.07) is -1.00. The molecule has 0 radical (unpaired) electrons. The van der Waals surface area contributed by atoms with Gasteiger partial charge in [0.05, 0.1) is 25.4 Å². The highest BCUT2D eigenvalue weighted by Crippen LogP contribution is 2.23. The van der Waals surface area contributed by atoms with Crippen molar-refractivity contribution < 1.29 is 44.9 Å². The zero-order valence-corrected chi connectivity index (χ0v) is 47.0. The fourth-order valence-electron chi connectivity index (χ4n) is 9.45. The number of unbranched alkanes of at least 4 members (excludes halogenated alkanes) is 33. The monoisotopic (exact) mass is 1030 g/mol. The van der Waals surface area contributed by atoms with E-state index in [0.29, 0.717) is 19.3 Å². The van der Waals surface area contributed by atoms with E-state index in [2.05, 4.69) is 67.8 Å². The van der Waals surface area contributed by atoms with Crippen LogP contribution in [-0.4, -0.2) is 98.7 Å². The molecule has 7 N–H and O–H groups in total. The third kappa shape index (κ3) is 40.7. The molecule has 8 atom stereocenters. The number of allylic oxidation sites excluding steroid dienone is 9. The van der Waals surface area contributed by atoms with Gasteiger partial charge in [0.25, 0.3) is 0 Å². The van der Waals surface area contributed by atoms with Crippen LogP contribution in [0.1, 0.15) is 271 Å².